The monoisotopic (exact) mass is 567 g/mol. The summed E-state index contributed by atoms with van der Waals surface area (Å²) in [6.45, 7) is 1.16. The Morgan fingerprint density at radius 3 is 1.87 bits per heavy atom. The van der Waals surface area contributed by atoms with Gasteiger partial charge in [0.05, 0.1) is 0 Å². The van der Waals surface area contributed by atoms with Gasteiger partial charge in [-0.15, -0.1) is 0 Å². The van der Waals surface area contributed by atoms with Crippen LogP contribution >= 0.6 is 11.6 Å². The highest BCUT2D eigenvalue weighted by Gasteiger charge is 2.38. The van der Waals surface area contributed by atoms with E-state index in [9.17, 15) is 27.6 Å². The summed E-state index contributed by atoms with van der Waals surface area (Å²) in [5, 5.41) is 13.7. The van der Waals surface area contributed by atoms with Crippen LogP contribution in [0.3, 0.4) is 0 Å². The lowest BCUT2D eigenvalue weighted by Gasteiger charge is -2.32. The number of aliphatic carboxylic acids is 1. The number of likely N-dealkylation sites (tertiary alicyclic amines) is 1. The van der Waals surface area contributed by atoms with Crippen LogP contribution in [0.4, 0.5) is 18.9 Å². The Bertz CT molecular complexity index is 1160. The Kier molecular flexibility index (Phi) is 10.3. The normalized spacial score (nSPS) is 16.2. The van der Waals surface area contributed by atoms with Crippen LogP contribution in [0.2, 0.25) is 5.02 Å². The summed E-state index contributed by atoms with van der Waals surface area (Å²) in [6.07, 6.45) is 0.862. The zero-order valence-corrected chi connectivity index (χ0v) is 21.7. The Labute approximate surface area is 228 Å². The molecule has 1 aliphatic heterocycles. The maximum absolute atomic E-state index is 12.9. The van der Waals surface area contributed by atoms with E-state index in [1.165, 1.54) is 12.8 Å². The van der Waals surface area contributed by atoms with Crippen molar-refractivity contribution in [2.45, 2.75) is 50.7 Å². The molecule has 3 amide bonds. The van der Waals surface area contributed by atoms with Gasteiger partial charge in [0.2, 0.25) is 5.91 Å². The van der Waals surface area contributed by atoms with Crippen LogP contribution in [-0.4, -0.2) is 59.0 Å². The molecule has 0 spiro atoms. The Morgan fingerprint density at radius 1 is 0.846 bits per heavy atom. The minimum absolute atomic E-state index is 0.00916. The number of anilines is 1. The number of carbonyl (C=O) groups excluding carboxylic acids is 3. The van der Waals surface area contributed by atoms with E-state index in [1.807, 2.05) is 0 Å². The average Bonchev–Trinajstić information content (AvgIpc) is 3.42. The molecule has 2 aromatic carbocycles. The molecule has 4 rings (SSSR count). The highest BCUT2D eigenvalue weighted by Crippen LogP contribution is 2.23. The number of piperidine rings is 1. The molecule has 2 aromatic rings. The lowest BCUT2D eigenvalue weighted by Crippen LogP contribution is -2.44. The largest absolute Gasteiger partial charge is 0.490 e. The molecule has 0 atom stereocenters. The molecule has 0 unspecified atom stereocenters. The minimum Gasteiger partial charge on any atom is -0.475 e. The maximum atomic E-state index is 12.9. The highest BCUT2D eigenvalue weighted by molar-refractivity contribution is 6.30. The van der Waals surface area contributed by atoms with Crippen molar-refractivity contribution in [3.05, 3.63) is 64.7 Å². The number of nitrogens with one attached hydrogen (secondary N) is 2. The second-order valence-electron chi connectivity index (χ2n) is 9.40. The summed E-state index contributed by atoms with van der Waals surface area (Å²) in [5.41, 5.74) is 1.70. The van der Waals surface area contributed by atoms with Crippen LogP contribution in [0, 0.1) is 5.92 Å². The summed E-state index contributed by atoms with van der Waals surface area (Å²) in [4.78, 5) is 48.4. The third kappa shape index (κ3) is 8.98. The smallest absolute Gasteiger partial charge is 0.475 e. The van der Waals surface area contributed by atoms with Gasteiger partial charge < -0.3 is 20.6 Å². The topological polar surface area (TPSA) is 116 Å². The predicted octanol–water partition coefficient (Wildman–Crippen LogP) is 5.14. The number of hydrogen-bond donors (Lipinski definition) is 3. The van der Waals surface area contributed by atoms with Crippen molar-refractivity contribution < 1.29 is 37.5 Å². The number of carbonyl (C=O) groups is 4. The SMILES string of the molecule is O=C(Nc1ccc(C(=O)N2CCC(C(=O)NC3CCCC3)CC2)cc1)c1ccc(Cl)cc1.O=C(O)C(F)(F)F. The third-order valence-corrected chi connectivity index (χ3v) is 6.85. The summed E-state index contributed by atoms with van der Waals surface area (Å²) in [7, 11) is 0. The minimum atomic E-state index is -5.08. The Hall–Kier alpha value is -3.60. The number of rotatable bonds is 5. The van der Waals surface area contributed by atoms with Crippen LogP contribution in [-0.2, 0) is 9.59 Å². The molecule has 0 aromatic heterocycles. The summed E-state index contributed by atoms with van der Waals surface area (Å²) >= 11 is 5.86. The van der Waals surface area contributed by atoms with Crippen molar-refractivity contribution in [1.29, 1.82) is 0 Å². The molecule has 0 bridgehead atoms. The van der Waals surface area contributed by atoms with Gasteiger partial charge in [0.25, 0.3) is 11.8 Å². The number of hydrogen-bond acceptors (Lipinski definition) is 4. The second-order valence-corrected chi connectivity index (χ2v) is 9.83. The zero-order valence-electron chi connectivity index (χ0n) is 21.0. The standard InChI is InChI=1S/C25H28ClN3O3.C2HF3O2/c26-20-9-5-17(6-10-20)23(30)28-22-11-7-19(8-12-22)25(32)29-15-13-18(14-16-29)24(31)27-21-3-1-2-4-21;3-2(4,5)1(6)7/h5-12,18,21H,1-4,13-16H2,(H,27,31)(H,28,30);(H,6,7). The van der Waals surface area contributed by atoms with Crippen molar-refractivity contribution in [3.63, 3.8) is 0 Å². The van der Waals surface area contributed by atoms with Gasteiger partial charge in [-0.2, -0.15) is 13.2 Å². The number of alkyl halides is 3. The van der Waals surface area contributed by atoms with Crippen molar-refractivity contribution in [2.75, 3.05) is 18.4 Å². The Balaban J connectivity index is 0.000000532. The van der Waals surface area contributed by atoms with Gasteiger partial charge in [-0.05, 0) is 74.2 Å². The summed E-state index contributed by atoms with van der Waals surface area (Å²) in [5.74, 6) is -2.91. The van der Waals surface area contributed by atoms with E-state index < -0.39 is 12.1 Å². The Morgan fingerprint density at radius 2 is 1.36 bits per heavy atom. The van der Waals surface area contributed by atoms with Gasteiger partial charge in [-0.1, -0.05) is 24.4 Å². The predicted molar refractivity (Wildman–Crippen MR) is 139 cm³/mol. The lowest BCUT2D eigenvalue weighted by atomic mass is 9.95. The van der Waals surface area contributed by atoms with E-state index in [0.29, 0.717) is 53.8 Å². The quantitative estimate of drug-likeness (QED) is 0.463. The fourth-order valence-electron chi connectivity index (χ4n) is 4.42. The molecule has 8 nitrogen and oxygen atoms in total. The number of halogens is 4. The molecule has 210 valence electrons. The van der Waals surface area contributed by atoms with E-state index in [4.69, 9.17) is 21.5 Å². The van der Waals surface area contributed by atoms with E-state index >= 15 is 0 Å². The fraction of sp³-hybridized carbons (Fsp3) is 0.407. The van der Waals surface area contributed by atoms with E-state index in [2.05, 4.69) is 10.6 Å². The maximum Gasteiger partial charge on any atom is 0.490 e. The van der Waals surface area contributed by atoms with Crippen LogP contribution in [0.5, 0.6) is 0 Å². The number of carboxylic acids is 1. The first-order valence-corrected chi connectivity index (χ1v) is 12.9. The molecule has 0 radical (unpaired) electrons. The van der Waals surface area contributed by atoms with Gasteiger partial charge in [0, 0.05) is 46.9 Å². The van der Waals surface area contributed by atoms with Gasteiger partial charge in [0.1, 0.15) is 0 Å². The van der Waals surface area contributed by atoms with E-state index in [0.717, 1.165) is 12.8 Å². The number of carboxylic acid groups (broad SMARTS) is 1. The highest BCUT2D eigenvalue weighted by atomic mass is 35.5. The second kappa shape index (κ2) is 13.5. The van der Waals surface area contributed by atoms with Gasteiger partial charge >= 0.3 is 12.1 Å². The molecule has 39 heavy (non-hydrogen) atoms. The van der Waals surface area contributed by atoms with E-state index in [1.54, 1.807) is 53.4 Å². The van der Waals surface area contributed by atoms with Crippen molar-refractivity contribution in [3.8, 4) is 0 Å². The van der Waals surface area contributed by atoms with Crippen LogP contribution in [0.1, 0.15) is 59.2 Å². The first kappa shape index (κ1) is 29.9. The van der Waals surface area contributed by atoms with Crippen molar-refractivity contribution in [1.82, 2.24) is 10.2 Å². The van der Waals surface area contributed by atoms with Crippen molar-refractivity contribution >= 4 is 41.0 Å². The van der Waals surface area contributed by atoms with Crippen LogP contribution in [0.25, 0.3) is 0 Å². The molecular weight excluding hydrogens is 539 g/mol. The molecule has 1 heterocycles. The molecule has 1 saturated heterocycles. The molecular formula is C27H29ClF3N3O5. The van der Waals surface area contributed by atoms with Crippen LogP contribution in [0.15, 0.2) is 48.5 Å². The zero-order chi connectivity index (χ0) is 28.6. The van der Waals surface area contributed by atoms with Gasteiger partial charge in [-0.3, -0.25) is 14.4 Å². The number of nitrogens with zero attached hydrogens (tertiary/aromatic N) is 1. The molecule has 1 saturated carbocycles. The molecule has 2 aliphatic rings. The first-order valence-electron chi connectivity index (χ1n) is 12.5. The van der Waals surface area contributed by atoms with Crippen LogP contribution < -0.4 is 10.6 Å². The lowest BCUT2D eigenvalue weighted by molar-refractivity contribution is -0.192. The third-order valence-electron chi connectivity index (χ3n) is 6.59. The van der Waals surface area contributed by atoms with Crippen molar-refractivity contribution in [2.24, 2.45) is 5.92 Å². The molecule has 12 heteroatoms. The molecule has 2 fully saturated rings. The van der Waals surface area contributed by atoms with Gasteiger partial charge in [-0.25, -0.2) is 4.79 Å². The fourth-order valence-corrected chi connectivity index (χ4v) is 4.54. The summed E-state index contributed by atoms with van der Waals surface area (Å²) in [6, 6.07) is 13.9. The molecule has 1 aliphatic carbocycles. The number of amides is 3. The van der Waals surface area contributed by atoms with E-state index in [-0.39, 0.29) is 23.6 Å². The van der Waals surface area contributed by atoms with Gasteiger partial charge in [0.15, 0.2) is 0 Å². The number of benzene rings is 2. The summed E-state index contributed by atoms with van der Waals surface area (Å²) < 4.78 is 31.7. The first-order chi connectivity index (χ1) is 18.4. The average molecular weight is 568 g/mol. The molecule has 3 N–H and O–H groups in total.